The number of carbonyl (C=O) groups is 2. The van der Waals surface area contributed by atoms with E-state index in [0.717, 1.165) is 26.7 Å². The van der Waals surface area contributed by atoms with Crippen LogP contribution in [0, 0.1) is 6.92 Å². The fourth-order valence-electron chi connectivity index (χ4n) is 3.60. The third-order valence-electron chi connectivity index (χ3n) is 4.70. The number of rotatable bonds is 2. The molecule has 1 aliphatic carbocycles. The van der Waals surface area contributed by atoms with Crippen LogP contribution in [0.2, 0.25) is 0 Å². The van der Waals surface area contributed by atoms with E-state index in [4.69, 9.17) is 4.74 Å². The maximum absolute atomic E-state index is 13.1. The number of Topliss-reactive ketones (excluding diaryl/α,β-unsaturated/α-hetero) is 1. The van der Waals surface area contributed by atoms with Gasteiger partial charge in [0.15, 0.2) is 5.78 Å². The van der Waals surface area contributed by atoms with Crippen LogP contribution in [-0.2, 0) is 9.53 Å². The number of ketones is 1. The summed E-state index contributed by atoms with van der Waals surface area (Å²) in [6.45, 7) is 3.87. The number of hydrogen-bond acceptors (Lipinski definition) is 5. The summed E-state index contributed by atoms with van der Waals surface area (Å²) in [7, 11) is 1.37. The molecule has 1 aromatic carbocycles. The Bertz CT molecular complexity index is 980. The lowest BCUT2D eigenvalue weighted by atomic mass is 9.83. The van der Waals surface area contributed by atoms with E-state index < -0.39 is 11.9 Å². The molecule has 25 heavy (non-hydrogen) atoms. The van der Waals surface area contributed by atoms with Gasteiger partial charge in [0, 0.05) is 32.2 Å². The van der Waals surface area contributed by atoms with Gasteiger partial charge >= 0.3 is 5.97 Å². The lowest BCUT2D eigenvalue weighted by Gasteiger charge is -2.28. The molecule has 1 aromatic heterocycles. The zero-order valence-electron chi connectivity index (χ0n) is 14.2. The molecule has 4 rings (SSSR count). The Morgan fingerprint density at radius 3 is 2.48 bits per heavy atom. The van der Waals surface area contributed by atoms with Crippen LogP contribution in [0.4, 0.5) is 0 Å². The molecule has 0 radical (unpaired) electrons. The average Bonchev–Trinajstić information content (AvgIpc) is 3.16. The predicted octanol–water partition coefficient (Wildman–Crippen LogP) is 3.80. The molecule has 1 aliphatic heterocycles. The van der Waals surface area contributed by atoms with Crippen LogP contribution in [0.3, 0.4) is 0 Å². The Labute approximate surface area is 149 Å². The molecule has 0 fully saturated rings. The van der Waals surface area contributed by atoms with Crippen molar-refractivity contribution in [3.05, 3.63) is 74.1 Å². The third kappa shape index (κ3) is 2.27. The Kier molecular flexibility index (Phi) is 3.62. The normalized spacial score (nSPS) is 18.8. The number of thiophene rings is 1. The van der Waals surface area contributed by atoms with Gasteiger partial charge in [-0.25, -0.2) is 4.79 Å². The molecule has 2 aliphatic rings. The molecular formula is C20H17NO3S. The van der Waals surface area contributed by atoms with Crippen molar-refractivity contribution in [1.29, 1.82) is 0 Å². The number of fused-ring (bicyclic) bond motifs is 2. The highest BCUT2D eigenvalue weighted by Crippen LogP contribution is 2.48. The molecule has 0 unspecified atom stereocenters. The quantitative estimate of drug-likeness (QED) is 0.836. The number of nitrogens with one attached hydrogen (secondary N) is 1. The summed E-state index contributed by atoms with van der Waals surface area (Å²) < 4.78 is 5.01. The summed E-state index contributed by atoms with van der Waals surface area (Å²) in [5.74, 6) is -0.832. The van der Waals surface area contributed by atoms with E-state index in [2.05, 4.69) is 5.32 Å². The molecule has 126 valence electrons. The van der Waals surface area contributed by atoms with E-state index in [0.29, 0.717) is 16.7 Å². The summed E-state index contributed by atoms with van der Waals surface area (Å²) >= 11 is 1.60. The van der Waals surface area contributed by atoms with Crippen LogP contribution in [-0.4, -0.2) is 18.9 Å². The second-order valence-corrected chi connectivity index (χ2v) is 7.52. The number of allylic oxidation sites excluding steroid dienone is 2. The van der Waals surface area contributed by atoms with E-state index in [1.165, 1.54) is 7.11 Å². The number of aryl methyl sites for hydroxylation is 1. The van der Waals surface area contributed by atoms with Gasteiger partial charge < -0.3 is 10.1 Å². The first-order valence-corrected chi connectivity index (χ1v) is 8.85. The number of esters is 1. The van der Waals surface area contributed by atoms with Gasteiger partial charge in [0.25, 0.3) is 0 Å². The highest BCUT2D eigenvalue weighted by molar-refractivity contribution is 7.12. The molecule has 0 saturated carbocycles. The Morgan fingerprint density at radius 1 is 1.12 bits per heavy atom. The fraction of sp³-hybridized carbons (Fsp3) is 0.200. The SMILES string of the molecule is COC(=O)C1=C(C)NC2=C(C(=O)c3ccccc32)[C@H]1c1ccc(C)s1. The van der Waals surface area contributed by atoms with Crippen LogP contribution < -0.4 is 5.32 Å². The van der Waals surface area contributed by atoms with Crippen LogP contribution in [0.25, 0.3) is 5.70 Å². The van der Waals surface area contributed by atoms with Crippen molar-refractivity contribution in [3.63, 3.8) is 0 Å². The molecular weight excluding hydrogens is 334 g/mol. The van der Waals surface area contributed by atoms with Crippen LogP contribution in [0.1, 0.15) is 38.5 Å². The number of methoxy groups -OCH3 is 1. The number of ether oxygens (including phenoxy) is 1. The van der Waals surface area contributed by atoms with Crippen molar-refractivity contribution in [2.24, 2.45) is 0 Å². The number of hydrogen-bond donors (Lipinski definition) is 1. The van der Waals surface area contributed by atoms with Crippen LogP contribution in [0.5, 0.6) is 0 Å². The van der Waals surface area contributed by atoms with Crippen molar-refractivity contribution in [2.45, 2.75) is 19.8 Å². The molecule has 0 saturated heterocycles. The summed E-state index contributed by atoms with van der Waals surface area (Å²) in [5, 5.41) is 3.28. The minimum atomic E-state index is -0.406. The zero-order chi connectivity index (χ0) is 17.7. The zero-order valence-corrected chi connectivity index (χ0v) is 15.0. The minimum Gasteiger partial charge on any atom is -0.466 e. The molecule has 1 N–H and O–H groups in total. The van der Waals surface area contributed by atoms with Crippen molar-refractivity contribution in [1.82, 2.24) is 5.32 Å². The van der Waals surface area contributed by atoms with Crippen LogP contribution >= 0.6 is 11.3 Å². The van der Waals surface area contributed by atoms with E-state index in [-0.39, 0.29) is 5.78 Å². The Hall–Kier alpha value is -2.66. The van der Waals surface area contributed by atoms with Gasteiger partial charge in [-0.3, -0.25) is 4.79 Å². The first kappa shape index (κ1) is 15.8. The maximum atomic E-state index is 13.1. The number of benzene rings is 1. The number of carbonyl (C=O) groups excluding carboxylic acids is 2. The first-order valence-electron chi connectivity index (χ1n) is 8.03. The summed E-state index contributed by atoms with van der Waals surface area (Å²) in [4.78, 5) is 27.7. The Balaban J connectivity index is 1.96. The molecule has 0 amide bonds. The standard InChI is InChI=1S/C20H17NO3S/c1-10-8-9-14(25-10)16-15(20(23)24-3)11(2)21-18-12-6-4-5-7-13(12)19(22)17(16)18/h4-9,16,21H,1-3H3/t16-/m0/s1. The molecule has 0 bridgehead atoms. The molecule has 2 aromatic rings. The van der Waals surface area contributed by atoms with E-state index in [1.807, 2.05) is 50.2 Å². The lowest BCUT2D eigenvalue weighted by molar-refractivity contribution is -0.136. The van der Waals surface area contributed by atoms with Gasteiger partial charge in [-0.1, -0.05) is 24.3 Å². The van der Waals surface area contributed by atoms with Gasteiger partial charge in [0.1, 0.15) is 0 Å². The fourth-order valence-corrected chi connectivity index (χ4v) is 4.60. The largest absolute Gasteiger partial charge is 0.466 e. The van der Waals surface area contributed by atoms with Crippen molar-refractivity contribution in [3.8, 4) is 0 Å². The summed E-state index contributed by atoms with van der Waals surface area (Å²) in [5.41, 5.74) is 4.24. The van der Waals surface area contributed by atoms with Crippen molar-refractivity contribution >= 4 is 28.8 Å². The second-order valence-electron chi connectivity index (χ2n) is 6.20. The Morgan fingerprint density at radius 2 is 1.84 bits per heavy atom. The third-order valence-corrected chi connectivity index (χ3v) is 5.77. The second kappa shape index (κ2) is 5.70. The van der Waals surface area contributed by atoms with Crippen LogP contribution in [0.15, 0.2) is 53.2 Å². The van der Waals surface area contributed by atoms with Gasteiger partial charge in [0.2, 0.25) is 0 Å². The van der Waals surface area contributed by atoms with Gasteiger partial charge in [-0.05, 0) is 26.0 Å². The summed E-state index contributed by atoms with van der Waals surface area (Å²) in [6.07, 6.45) is 0. The smallest absolute Gasteiger partial charge is 0.336 e. The lowest BCUT2D eigenvalue weighted by Crippen LogP contribution is -2.28. The van der Waals surface area contributed by atoms with E-state index in [9.17, 15) is 9.59 Å². The van der Waals surface area contributed by atoms with E-state index in [1.54, 1.807) is 11.3 Å². The molecule has 0 spiro atoms. The average molecular weight is 351 g/mol. The highest BCUT2D eigenvalue weighted by Gasteiger charge is 2.43. The van der Waals surface area contributed by atoms with Crippen molar-refractivity contribution < 1.29 is 14.3 Å². The van der Waals surface area contributed by atoms with Crippen molar-refractivity contribution in [2.75, 3.05) is 7.11 Å². The molecule has 4 nitrogen and oxygen atoms in total. The predicted molar refractivity (Wildman–Crippen MR) is 97.3 cm³/mol. The minimum absolute atomic E-state index is 0.0249. The maximum Gasteiger partial charge on any atom is 0.336 e. The van der Waals surface area contributed by atoms with Gasteiger partial charge in [0.05, 0.1) is 24.3 Å². The topological polar surface area (TPSA) is 55.4 Å². The molecule has 1 atom stereocenters. The summed E-state index contributed by atoms with van der Waals surface area (Å²) in [6, 6.07) is 11.6. The highest BCUT2D eigenvalue weighted by atomic mass is 32.1. The monoisotopic (exact) mass is 351 g/mol. The first-order chi connectivity index (χ1) is 12.0. The number of dihydropyridines is 1. The van der Waals surface area contributed by atoms with E-state index >= 15 is 0 Å². The molecule has 2 heterocycles. The van der Waals surface area contributed by atoms with Gasteiger partial charge in [-0.2, -0.15) is 0 Å². The molecule has 5 heteroatoms. The van der Waals surface area contributed by atoms with Gasteiger partial charge in [-0.15, -0.1) is 11.3 Å².